The van der Waals surface area contributed by atoms with Crippen LogP contribution in [-0.2, 0) is 0 Å². The Labute approximate surface area is 124 Å². The second-order valence-corrected chi connectivity index (χ2v) is 5.92. The smallest absolute Gasteiger partial charge is 0.180 e. The summed E-state index contributed by atoms with van der Waals surface area (Å²) in [7, 11) is 0. The molecule has 0 unspecified atom stereocenters. The first kappa shape index (κ1) is 12.3. The molecule has 0 bridgehead atoms. The average molecular weight is 372 g/mol. The van der Waals surface area contributed by atoms with E-state index in [0.717, 1.165) is 20.5 Å². The molecular weight excluding hydrogens is 361 g/mol. The summed E-state index contributed by atoms with van der Waals surface area (Å²) >= 11 is 8.43. The Kier molecular flexibility index (Phi) is 3.23. The maximum Gasteiger partial charge on any atom is 0.180 e. The number of aromatic nitrogens is 3. The molecule has 2 heterocycles. The first-order chi connectivity index (χ1) is 8.66. The molecule has 0 spiro atoms. The lowest BCUT2D eigenvalue weighted by molar-refractivity contribution is 0.970. The van der Waals surface area contributed by atoms with E-state index in [2.05, 4.69) is 37.5 Å². The van der Waals surface area contributed by atoms with Crippen LogP contribution < -0.4 is 0 Å². The number of hydrogen-bond donors (Lipinski definition) is 0. The van der Waals surface area contributed by atoms with Crippen LogP contribution >= 0.6 is 34.2 Å². The predicted molar refractivity (Wildman–Crippen MR) is 79.7 cm³/mol. The first-order valence-electron chi connectivity index (χ1n) is 5.81. The molecule has 1 aliphatic carbocycles. The van der Waals surface area contributed by atoms with E-state index in [1.165, 1.54) is 12.8 Å². The molecule has 0 saturated heterocycles. The van der Waals surface area contributed by atoms with Crippen molar-refractivity contribution in [1.29, 1.82) is 0 Å². The molecule has 2 aromatic heterocycles. The highest BCUT2D eigenvalue weighted by molar-refractivity contribution is 14.1. The minimum atomic E-state index is 0.535. The van der Waals surface area contributed by atoms with Crippen molar-refractivity contribution in [3.8, 4) is 11.5 Å². The van der Waals surface area contributed by atoms with Gasteiger partial charge in [-0.3, -0.25) is 4.98 Å². The van der Waals surface area contributed by atoms with E-state index in [0.29, 0.717) is 16.9 Å². The number of halogens is 2. The molecule has 18 heavy (non-hydrogen) atoms. The van der Waals surface area contributed by atoms with Gasteiger partial charge in [0.25, 0.3) is 0 Å². The van der Waals surface area contributed by atoms with E-state index >= 15 is 0 Å². The molecule has 0 atom stereocenters. The third-order valence-electron chi connectivity index (χ3n) is 3.02. The summed E-state index contributed by atoms with van der Waals surface area (Å²) in [6.45, 7) is 2.01. The highest BCUT2D eigenvalue weighted by atomic mass is 127. The monoisotopic (exact) mass is 371 g/mol. The van der Waals surface area contributed by atoms with E-state index in [1.807, 2.05) is 19.1 Å². The van der Waals surface area contributed by atoms with Crippen molar-refractivity contribution in [2.45, 2.75) is 25.7 Å². The van der Waals surface area contributed by atoms with Gasteiger partial charge in [0.2, 0.25) is 0 Å². The largest absolute Gasteiger partial charge is 0.253 e. The lowest BCUT2D eigenvalue weighted by Gasteiger charge is -2.08. The highest BCUT2D eigenvalue weighted by Crippen LogP contribution is 2.42. The summed E-state index contributed by atoms with van der Waals surface area (Å²) in [5, 5.41) is 0.535. The second-order valence-electron chi connectivity index (χ2n) is 4.48. The molecule has 0 amide bonds. The zero-order valence-electron chi connectivity index (χ0n) is 9.82. The molecule has 1 fully saturated rings. The fraction of sp³-hybridized carbons (Fsp3) is 0.308. The molecule has 0 aromatic carbocycles. The third kappa shape index (κ3) is 2.23. The summed E-state index contributed by atoms with van der Waals surface area (Å²) in [6, 6.07) is 3.92. The summed E-state index contributed by atoms with van der Waals surface area (Å²) in [5.41, 5.74) is 2.96. The first-order valence-corrected chi connectivity index (χ1v) is 7.27. The van der Waals surface area contributed by atoms with Gasteiger partial charge in [0, 0.05) is 12.1 Å². The number of rotatable bonds is 2. The molecule has 1 saturated carbocycles. The van der Waals surface area contributed by atoms with Gasteiger partial charge in [0.15, 0.2) is 5.82 Å². The molecule has 0 radical (unpaired) electrons. The molecule has 92 valence electrons. The zero-order valence-corrected chi connectivity index (χ0v) is 12.7. The van der Waals surface area contributed by atoms with Crippen LogP contribution in [0.2, 0.25) is 5.15 Å². The van der Waals surface area contributed by atoms with Crippen molar-refractivity contribution in [2.75, 3.05) is 0 Å². The molecule has 5 heteroatoms. The lowest BCUT2D eigenvalue weighted by Crippen LogP contribution is -2.01. The quantitative estimate of drug-likeness (QED) is 0.592. The molecule has 2 aromatic rings. The Bertz CT molecular complexity index is 611. The van der Waals surface area contributed by atoms with Crippen LogP contribution in [0.3, 0.4) is 0 Å². The SMILES string of the molecule is Cc1cccnc1-c1nc(Cl)c(I)c(C2CC2)n1. The highest BCUT2D eigenvalue weighted by Gasteiger charge is 2.29. The number of nitrogens with zero attached hydrogens (tertiary/aromatic N) is 3. The summed E-state index contributed by atoms with van der Waals surface area (Å²) < 4.78 is 0.981. The summed E-state index contributed by atoms with van der Waals surface area (Å²) in [5.74, 6) is 1.19. The average Bonchev–Trinajstić information content (AvgIpc) is 3.17. The van der Waals surface area contributed by atoms with Crippen LogP contribution in [0, 0.1) is 10.5 Å². The van der Waals surface area contributed by atoms with Gasteiger partial charge < -0.3 is 0 Å². The van der Waals surface area contributed by atoms with Crippen LogP contribution in [0.4, 0.5) is 0 Å². The van der Waals surface area contributed by atoms with Crippen LogP contribution in [-0.4, -0.2) is 15.0 Å². The van der Waals surface area contributed by atoms with Crippen LogP contribution in [0.5, 0.6) is 0 Å². The normalized spacial score (nSPS) is 14.8. The second kappa shape index (κ2) is 4.74. The Hall–Kier alpha value is -0.750. The molecule has 0 aliphatic heterocycles. The Morgan fingerprint density at radius 1 is 1.33 bits per heavy atom. The van der Waals surface area contributed by atoms with Crippen LogP contribution in [0.15, 0.2) is 18.3 Å². The number of hydrogen-bond acceptors (Lipinski definition) is 3. The fourth-order valence-electron chi connectivity index (χ4n) is 1.89. The van der Waals surface area contributed by atoms with Crippen LogP contribution in [0.1, 0.15) is 30.0 Å². The van der Waals surface area contributed by atoms with Gasteiger partial charge in [-0.1, -0.05) is 17.7 Å². The Morgan fingerprint density at radius 2 is 2.11 bits per heavy atom. The van der Waals surface area contributed by atoms with Gasteiger partial charge in [-0.15, -0.1) is 0 Å². The number of pyridine rings is 1. The number of aryl methyl sites for hydroxylation is 1. The van der Waals surface area contributed by atoms with Crippen molar-refractivity contribution in [1.82, 2.24) is 15.0 Å². The van der Waals surface area contributed by atoms with E-state index in [4.69, 9.17) is 11.6 Å². The van der Waals surface area contributed by atoms with Crippen molar-refractivity contribution >= 4 is 34.2 Å². The minimum absolute atomic E-state index is 0.535. The van der Waals surface area contributed by atoms with Gasteiger partial charge >= 0.3 is 0 Å². The maximum absolute atomic E-state index is 6.21. The Balaban J connectivity index is 2.16. The van der Waals surface area contributed by atoms with Crippen LogP contribution in [0.25, 0.3) is 11.5 Å². The van der Waals surface area contributed by atoms with Gasteiger partial charge in [-0.2, -0.15) is 0 Å². The van der Waals surface area contributed by atoms with Crippen molar-refractivity contribution in [3.05, 3.63) is 38.3 Å². The van der Waals surface area contributed by atoms with Gasteiger partial charge in [-0.25, -0.2) is 9.97 Å². The standard InChI is InChI=1S/C13H11ClIN3/c1-7-3-2-6-16-10(7)13-17-11(8-4-5-8)9(15)12(14)18-13/h2-3,6,8H,4-5H2,1H3. The fourth-order valence-corrected chi connectivity index (χ4v) is 2.75. The van der Waals surface area contributed by atoms with Crippen molar-refractivity contribution in [3.63, 3.8) is 0 Å². The van der Waals surface area contributed by atoms with Gasteiger partial charge in [-0.05, 0) is 54.0 Å². The van der Waals surface area contributed by atoms with E-state index in [-0.39, 0.29) is 0 Å². The van der Waals surface area contributed by atoms with E-state index in [9.17, 15) is 0 Å². The van der Waals surface area contributed by atoms with E-state index < -0.39 is 0 Å². The topological polar surface area (TPSA) is 38.7 Å². The molecule has 3 rings (SSSR count). The minimum Gasteiger partial charge on any atom is -0.253 e. The van der Waals surface area contributed by atoms with Gasteiger partial charge in [0.1, 0.15) is 10.8 Å². The molecule has 1 aliphatic rings. The summed E-state index contributed by atoms with van der Waals surface area (Å²) in [6.07, 6.45) is 4.16. The maximum atomic E-state index is 6.21. The third-order valence-corrected chi connectivity index (χ3v) is 4.68. The summed E-state index contributed by atoms with van der Waals surface area (Å²) in [4.78, 5) is 13.4. The Morgan fingerprint density at radius 3 is 2.78 bits per heavy atom. The van der Waals surface area contributed by atoms with Crippen molar-refractivity contribution < 1.29 is 0 Å². The lowest BCUT2D eigenvalue weighted by atomic mass is 10.2. The van der Waals surface area contributed by atoms with E-state index in [1.54, 1.807) is 6.20 Å². The predicted octanol–water partition coefficient (Wildman–Crippen LogP) is 3.98. The van der Waals surface area contributed by atoms with Gasteiger partial charge in [0.05, 0.1) is 9.26 Å². The molecule has 3 nitrogen and oxygen atoms in total. The van der Waals surface area contributed by atoms with Crippen molar-refractivity contribution in [2.24, 2.45) is 0 Å². The molecule has 0 N–H and O–H groups in total. The zero-order chi connectivity index (χ0) is 12.7. The molecular formula is C13H11ClIN3.